The smallest absolute Gasteiger partial charge is 0.153 e. The maximum atomic E-state index is 13.6. The topological polar surface area (TPSA) is 42.7 Å². The van der Waals surface area contributed by atoms with Crippen molar-refractivity contribution in [2.75, 3.05) is 6.54 Å². The molecule has 0 spiro atoms. The van der Waals surface area contributed by atoms with Gasteiger partial charge in [-0.25, -0.2) is 9.07 Å². The molecule has 0 radical (unpaired) electrons. The molecule has 0 fully saturated rings. The Balaban J connectivity index is 2.51. The van der Waals surface area contributed by atoms with Crippen molar-refractivity contribution < 1.29 is 4.39 Å². The predicted octanol–water partition coefficient (Wildman–Crippen LogP) is 2.72. The van der Waals surface area contributed by atoms with Crippen LogP contribution < -0.4 is 5.32 Å². The molecule has 1 atom stereocenters. The van der Waals surface area contributed by atoms with Gasteiger partial charge in [-0.1, -0.05) is 18.2 Å². The molecular formula is C13H16BrFN4. The summed E-state index contributed by atoms with van der Waals surface area (Å²) in [6.45, 7) is 4.65. The summed E-state index contributed by atoms with van der Waals surface area (Å²) in [5.74, 6) is -0.232. The number of benzene rings is 1. The molecule has 0 saturated heterocycles. The number of rotatable bonds is 4. The van der Waals surface area contributed by atoms with Gasteiger partial charge in [0.1, 0.15) is 5.82 Å². The number of hydrogen-bond donors (Lipinski definition) is 1. The Labute approximate surface area is 120 Å². The SMILES string of the molecule is CCNC(c1cc(C)cc(F)c1)c1c(Br)nnn1C. The van der Waals surface area contributed by atoms with Crippen LogP contribution in [0.2, 0.25) is 0 Å². The number of halogens is 2. The standard InChI is InChI=1S/C13H16BrFN4/c1-4-16-11(12-13(14)17-18-19(12)3)9-5-8(2)6-10(15)7-9/h5-7,11,16H,4H2,1-3H3. The molecule has 102 valence electrons. The highest BCUT2D eigenvalue weighted by atomic mass is 79.9. The zero-order valence-corrected chi connectivity index (χ0v) is 12.7. The van der Waals surface area contributed by atoms with Gasteiger partial charge < -0.3 is 5.32 Å². The first kappa shape index (κ1) is 14.1. The summed E-state index contributed by atoms with van der Waals surface area (Å²) in [4.78, 5) is 0. The molecule has 0 aliphatic rings. The molecule has 6 heteroatoms. The molecule has 0 aliphatic heterocycles. The lowest BCUT2D eigenvalue weighted by molar-refractivity contribution is 0.559. The van der Waals surface area contributed by atoms with E-state index in [-0.39, 0.29) is 11.9 Å². The monoisotopic (exact) mass is 326 g/mol. The third-order valence-electron chi connectivity index (χ3n) is 2.91. The van der Waals surface area contributed by atoms with Gasteiger partial charge in [0.25, 0.3) is 0 Å². The van der Waals surface area contributed by atoms with Crippen molar-refractivity contribution in [3.63, 3.8) is 0 Å². The Hall–Kier alpha value is -1.27. The fourth-order valence-electron chi connectivity index (χ4n) is 2.15. The van der Waals surface area contributed by atoms with Crippen molar-refractivity contribution in [2.45, 2.75) is 19.9 Å². The second-order valence-corrected chi connectivity index (χ2v) is 5.19. The van der Waals surface area contributed by atoms with Gasteiger partial charge in [-0.15, -0.1) is 5.10 Å². The maximum absolute atomic E-state index is 13.6. The molecule has 2 aromatic rings. The van der Waals surface area contributed by atoms with Gasteiger partial charge in [-0.2, -0.15) is 0 Å². The van der Waals surface area contributed by atoms with E-state index in [1.54, 1.807) is 10.7 Å². The number of nitrogens with zero attached hydrogens (tertiary/aromatic N) is 3. The van der Waals surface area contributed by atoms with Crippen LogP contribution in [0.15, 0.2) is 22.8 Å². The fourth-order valence-corrected chi connectivity index (χ4v) is 2.71. The third kappa shape index (κ3) is 3.01. The minimum Gasteiger partial charge on any atom is -0.305 e. The van der Waals surface area contributed by atoms with E-state index in [1.807, 2.05) is 27.0 Å². The molecule has 19 heavy (non-hydrogen) atoms. The molecule has 0 saturated carbocycles. The highest BCUT2D eigenvalue weighted by Crippen LogP contribution is 2.27. The molecule has 4 nitrogen and oxygen atoms in total. The Bertz CT molecular complexity index is 542. The van der Waals surface area contributed by atoms with Crippen LogP contribution in [0.1, 0.15) is 29.8 Å². The van der Waals surface area contributed by atoms with Crippen LogP contribution in [0.25, 0.3) is 0 Å². The van der Waals surface area contributed by atoms with Crippen molar-refractivity contribution in [1.82, 2.24) is 20.3 Å². The molecule has 2 rings (SSSR count). The molecule has 1 aromatic carbocycles. The molecule has 0 amide bonds. The van der Waals surface area contributed by atoms with Crippen molar-refractivity contribution >= 4 is 15.9 Å². The van der Waals surface area contributed by atoms with Gasteiger partial charge in [0.15, 0.2) is 4.60 Å². The quantitative estimate of drug-likeness (QED) is 0.939. The molecule has 0 aliphatic carbocycles. The second kappa shape index (κ2) is 5.79. The number of aryl methyl sites for hydroxylation is 2. The highest BCUT2D eigenvalue weighted by Gasteiger charge is 2.21. The zero-order valence-electron chi connectivity index (χ0n) is 11.1. The number of nitrogens with one attached hydrogen (secondary N) is 1. The van der Waals surface area contributed by atoms with Crippen LogP contribution in [0.3, 0.4) is 0 Å². The van der Waals surface area contributed by atoms with E-state index in [2.05, 4.69) is 31.6 Å². The third-order valence-corrected chi connectivity index (χ3v) is 3.47. The minimum atomic E-state index is -0.232. The van der Waals surface area contributed by atoms with Gasteiger partial charge >= 0.3 is 0 Å². The van der Waals surface area contributed by atoms with Gasteiger partial charge in [0.2, 0.25) is 0 Å². The summed E-state index contributed by atoms with van der Waals surface area (Å²) in [5.41, 5.74) is 2.64. The van der Waals surface area contributed by atoms with Crippen LogP contribution in [0, 0.1) is 12.7 Å². The summed E-state index contributed by atoms with van der Waals surface area (Å²) in [7, 11) is 1.82. The summed E-state index contributed by atoms with van der Waals surface area (Å²) >= 11 is 3.39. The predicted molar refractivity (Wildman–Crippen MR) is 75.4 cm³/mol. The van der Waals surface area contributed by atoms with Crippen molar-refractivity contribution in [1.29, 1.82) is 0 Å². The van der Waals surface area contributed by atoms with E-state index in [9.17, 15) is 4.39 Å². The molecule has 1 heterocycles. The minimum absolute atomic E-state index is 0.145. The van der Waals surface area contributed by atoms with Crippen molar-refractivity contribution in [2.24, 2.45) is 7.05 Å². The molecule has 0 bridgehead atoms. The first-order chi connectivity index (χ1) is 9.02. The lowest BCUT2D eigenvalue weighted by atomic mass is 10.0. The summed E-state index contributed by atoms with van der Waals surface area (Å²) in [5, 5.41) is 11.3. The van der Waals surface area contributed by atoms with Gasteiger partial charge in [0.05, 0.1) is 11.7 Å². The van der Waals surface area contributed by atoms with Crippen LogP contribution >= 0.6 is 15.9 Å². The van der Waals surface area contributed by atoms with Crippen LogP contribution in [-0.4, -0.2) is 21.5 Å². The lowest BCUT2D eigenvalue weighted by Gasteiger charge is -2.19. The Kier molecular flexibility index (Phi) is 4.31. The van der Waals surface area contributed by atoms with E-state index in [1.165, 1.54) is 6.07 Å². The van der Waals surface area contributed by atoms with Gasteiger partial charge in [0, 0.05) is 7.05 Å². The van der Waals surface area contributed by atoms with Gasteiger partial charge in [-0.3, -0.25) is 0 Å². The first-order valence-electron chi connectivity index (χ1n) is 6.08. The normalized spacial score (nSPS) is 12.7. The average Bonchev–Trinajstić information content (AvgIpc) is 2.65. The van der Waals surface area contributed by atoms with Crippen LogP contribution in [0.5, 0.6) is 0 Å². The number of hydrogen-bond acceptors (Lipinski definition) is 3. The average molecular weight is 327 g/mol. The number of aromatic nitrogens is 3. The summed E-state index contributed by atoms with van der Waals surface area (Å²) < 4.78 is 16.0. The van der Waals surface area contributed by atoms with Crippen molar-refractivity contribution in [3.8, 4) is 0 Å². The van der Waals surface area contributed by atoms with Crippen LogP contribution in [-0.2, 0) is 7.05 Å². The van der Waals surface area contributed by atoms with E-state index >= 15 is 0 Å². The molecule has 1 unspecified atom stereocenters. The summed E-state index contributed by atoms with van der Waals surface area (Å²) in [6.07, 6.45) is 0. The second-order valence-electron chi connectivity index (χ2n) is 4.44. The van der Waals surface area contributed by atoms with E-state index in [4.69, 9.17) is 0 Å². The first-order valence-corrected chi connectivity index (χ1v) is 6.87. The van der Waals surface area contributed by atoms with E-state index < -0.39 is 0 Å². The van der Waals surface area contributed by atoms with Gasteiger partial charge in [-0.05, 0) is 52.7 Å². The van der Waals surface area contributed by atoms with E-state index in [0.717, 1.165) is 23.4 Å². The van der Waals surface area contributed by atoms with Crippen molar-refractivity contribution in [3.05, 3.63) is 45.4 Å². The fraction of sp³-hybridized carbons (Fsp3) is 0.385. The Morgan fingerprint density at radius 2 is 2.16 bits per heavy atom. The Morgan fingerprint density at radius 1 is 1.42 bits per heavy atom. The van der Waals surface area contributed by atoms with E-state index in [0.29, 0.717) is 4.60 Å². The molecule has 1 N–H and O–H groups in total. The van der Waals surface area contributed by atoms with Crippen LogP contribution in [0.4, 0.5) is 4.39 Å². The zero-order chi connectivity index (χ0) is 14.0. The molecular weight excluding hydrogens is 311 g/mol. The maximum Gasteiger partial charge on any atom is 0.153 e. The Morgan fingerprint density at radius 3 is 2.68 bits per heavy atom. The highest BCUT2D eigenvalue weighted by molar-refractivity contribution is 9.10. The lowest BCUT2D eigenvalue weighted by Crippen LogP contribution is -2.24. The largest absolute Gasteiger partial charge is 0.305 e. The summed E-state index contributed by atoms with van der Waals surface area (Å²) in [6, 6.07) is 4.88. The molecule has 1 aromatic heterocycles.